The molecule has 0 atom stereocenters. The van der Waals surface area contributed by atoms with Crippen molar-refractivity contribution in [1.29, 1.82) is 0 Å². The molecule has 0 spiro atoms. The standard InChI is InChI=1S/C26H22Br2N4O4/c1-2-3-9-24-30-22-11-10-19(27)14-20(22)26(33)31(24)29-15-18-12-21(28)25(23(13-18)32(34)35)36-16-17-7-5-4-6-8-17/h4-8,10-15H,2-3,9,16H2,1H3. The van der Waals surface area contributed by atoms with Gasteiger partial charge in [-0.1, -0.05) is 59.6 Å². The van der Waals surface area contributed by atoms with Gasteiger partial charge in [0.1, 0.15) is 12.4 Å². The molecule has 0 saturated carbocycles. The number of aryl methyl sites for hydroxylation is 1. The first-order valence-corrected chi connectivity index (χ1v) is 12.9. The van der Waals surface area contributed by atoms with Crippen LogP contribution in [-0.2, 0) is 13.0 Å². The van der Waals surface area contributed by atoms with Crippen molar-refractivity contribution in [3.8, 4) is 5.75 Å². The summed E-state index contributed by atoms with van der Waals surface area (Å²) in [5.74, 6) is 0.656. The Morgan fingerprint density at radius 1 is 1.14 bits per heavy atom. The predicted octanol–water partition coefficient (Wildman–Crippen LogP) is 6.63. The van der Waals surface area contributed by atoms with Crippen LogP contribution in [0.4, 0.5) is 5.69 Å². The van der Waals surface area contributed by atoms with Gasteiger partial charge in [0.2, 0.25) is 5.75 Å². The first kappa shape index (κ1) is 25.7. The van der Waals surface area contributed by atoms with Crippen molar-refractivity contribution in [3.63, 3.8) is 0 Å². The Morgan fingerprint density at radius 2 is 1.92 bits per heavy atom. The van der Waals surface area contributed by atoms with E-state index in [1.54, 1.807) is 18.2 Å². The SMILES string of the molecule is CCCCc1nc2ccc(Br)cc2c(=O)n1N=Cc1cc(Br)c(OCc2ccccc2)c([N+](=O)[O-])c1. The largest absolute Gasteiger partial charge is 0.481 e. The van der Waals surface area contributed by atoms with Crippen molar-refractivity contribution >= 4 is 54.7 Å². The lowest BCUT2D eigenvalue weighted by Gasteiger charge is -2.11. The third-order valence-corrected chi connectivity index (χ3v) is 6.50. The summed E-state index contributed by atoms with van der Waals surface area (Å²) in [7, 11) is 0. The molecule has 0 N–H and O–H groups in total. The lowest BCUT2D eigenvalue weighted by Crippen LogP contribution is -2.22. The number of benzene rings is 3. The molecule has 0 aliphatic heterocycles. The van der Waals surface area contributed by atoms with Crippen LogP contribution in [0.25, 0.3) is 10.9 Å². The third kappa shape index (κ3) is 5.88. The van der Waals surface area contributed by atoms with Gasteiger partial charge in [0.25, 0.3) is 5.56 Å². The van der Waals surface area contributed by atoms with Crippen LogP contribution >= 0.6 is 31.9 Å². The Labute approximate surface area is 224 Å². The lowest BCUT2D eigenvalue weighted by atomic mass is 10.2. The van der Waals surface area contributed by atoms with Crippen LogP contribution in [0, 0.1) is 10.1 Å². The molecule has 0 radical (unpaired) electrons. The van der Waals surface area contributed by atoms with Gasteiger partial charge in [-0.3, -0.25) is 14.9 Å². The molecular formula is C26H22Br2N4O4. The number of hydrogen-bond donors (Lipinski definition) is 0. The number of halogens is 2. The van der Waals surface area contributed by atoms with Gasteiger partial charge in [-0.2, -0.15) is 9.78 Å². The zero-order chi connectivity index (χ0) is 25.7. The van der Waals surface area contributed by atoms with Crippen molar-refractivity contribution in [2.75, 3.05) is 0 Å². The number of unbranched alkanes of at least 4 members (excludes halogenated alkanes) is 1. The quantitative estimate of drug-likeness (QED) is 0.120. The Balaban J connectivity index is 1.72. The molecule has 8 nitrogen and oxygen atoms in total. The summed E-state index contributed by atoms with van der Waals surface area (Å²) in [4.78, 5) is 29.2. The topological polar surface area (TPSA) is 99.6 Å². The molecule has 1 heterocycles. The molecule has 184 valence electrons. The fourth-order valence-electron chi connectivity index (χ4n) is 3.62. The summed E-state index contributed by atoms with van der Waals surface area (Å²) < 4.78 is 8.21. The first-order valence-electron chi connectivity index (χ1n) is 11.3. The molecule has 3 aromatic carbocycles. The molecule has 4 rings (SSSR count). The number of aromatic nitrogens is 2. The third-order valence-electron chi connectivity index (χ3n) is 5.42. The maximum absolute atomic E-state index is 13.3. The van der Waals surface area contributed by atoms with Crippen molar-refractivity contribution in [3.05, 3.63) is 107 Å². The van der Waals surface area contributed by atoms with Crippen molar-refractivity contribution < 1.29 is 9.66 Å². The highest BCUT2D eigenvalue weighted by atomic mass is 79.9. The monoisotopic (exact) mass is 612 g/mol. The highest BCUT2D eigenvalue weighted by Crippen LogP contribution is 2.36. The summed E-state index contributed by atoms with van der Waals surface area (Å²) in [6, 6.07) is 17.8. The van der Waals surface area contributed by atoms with E-state index in [9.17, 15) is 14.9 Å². The fraction of sp³-hybridized carbons (Fsp3) is 0.192. The van der Waals surface area contributed by atoms with Gasteiger partial charge in [0.05, 0.1) is 26.5 Å². The van der Waals surface area contributed by atoms with Gasteiger partial charge >= 0.3 is 5.69 Å². The Morgan fingerprint density at radius 3 is 2.64 bits per heavy atom. The van der Waals surface area contributed by atoms with Gasteiger partial charge < -0.3 is 4.74 Å². The second-order valence-corrected chi connectivity index (χ2v) is 9.81. The van der Waals surface area contributed by atoms with E-state index in [4.69, 9.17) is 4.74 Å². The molecule has 1 aromatic heterocycles. The van der Waals surface area contributed by atoms with Crippen molar-refractivity contribution in [2.24, 2.45) is 5.10 Å². The van der Waals surface area contributed by atoms with Crippen LogP contribution in [0.15, 0.2) is 79.5 Å². The van der Waals surface area contributed by atoms with Crippen LogP contribution in [0.2, 0.25) is 0 Å². The zero-order valence-corrected chi connectivity index (χ0v) is 22.5. The number of hydrogen-bond acceptors (Lipinski definition) is 6. The molecule has 4 aromatic rings. The zero-order valence-electron chi connectivity index (χ0n) is 19.4. The van der Waals surface area contributed by atoms with E-state index in [0.29, 0.717) is 33.2 Å². The van der Waals surface area contributed by atoms with Crippen molar-refractivity contribution in [1.82, 2.24) is 9.66 Å². The van der Waals surface area contributed by atoms with Crippen LogP contribution in [0.5, 0.6) is 5.75 Å². The smallest absolute Gasteiger partial charge is 0.312 e. The van der Waals surface area contributed by atoms with Gasteiger partial charge in [-0.05, 0) is 52.2 Å². The summed E-state index contributed by atoms with van der Waals surface area (Å²) in [6.07, 6.45) is 3.77. The average Bonchev–Trinajstić information content (AvgIpc) is 2.87. The van der Waals surface area contributed by atoms with E-state index in [-0.39, 0.29) is 23.6 Å². The fourth-order valence-corrected chi connectivity index (χ4v) is 4.56. The van der Waals surface area contributed by atoms with Gasteiger partial charge in [0.15, 0.2) is 0 Å². The van der Waals surface area contributed by atoms with Gasteiger partial charge in [-0.15, -0.1) is 0 Å². The number of fused-ring (bicyclic) bond motifs is 1. The Kier molecular flexibility index (Phi) is 8.27. The van der Waals surface area contributed by atoms with E-state index >= 15 is 0 Å². The highest BCUT2D eigenvalue weighted by molar-refractivity contribution is 9.10. The molecule has 36 heavy (non-hydrogen) atoms. The van der Waals surface area contributed by atoms with E-state index in [1.165, 1.54) is 17.0 Å². The maximum atomic E-state index is 13.3. The Hall–Kier alpha value is -3.37. The minimum absolute atomic E-state index is 0.124. The number of rotatable bonds is 9. The van der Waals surface area contributed by atoms with E-state index in [0.717, 1.165) is 22.9 Å². The van der Waals surface area contributed by atoms with Crippen LogP contribution in [0.3, 0.4) is 0 Å². The number of nitrogens with zero attached hydrogens (tertiary/aromatic N) is 4. The Bertz CT molecular complexity index is 1500. The van der Waals surface area contributed by atoms with Crippen LogP contribution in [-0.4, -0.2) is 20.8 Å². The number of nitro groups is 1. The molecule has 10 heteroatoms. The maximum Gasteiger partial charge on any atom is 0.312 e. The summed E-state index contributed by atoms with van der Waals surface area (Å²) >= 11 is 6.79. The van der Waals surface area contributed by atoms with Gasteiger partial charge in [0, 0.05) is 22.5 Å². The minimum Gasteiger partial charge on any atom is -0.481 e. The molecule has 0 aliphatic rings. The van der Waals surface area contributed by atoms with Crippen LogP contribution < -0.4 is 10.3 Å². The van der Waals surface area contributed by atoms with E-state index in [1.807, 2.05) is 36.4 Å². The molecule has 0 saturated heterocycles. The molecule has 0 aliphatic carbocycles. The number of nitro benzene ring substituents is 1. The average molecular weight is 614 g/mol. The van der Waals surface area contributed by atoms with Crippen LogP contribution in [0.1, 0.15) is 36.7 Å². The molecule has 0 bridgehead atoms. The second-order valence-electron chi connectivity index (χ2n) is 8.04. The summed E-state index contributed by atoms with van der Waals surface area (Å²) in [5, 5.41) is 16.6. The normalized spacial score (nSPS) is 11.3. The molecule has 0 fully saturated rings. The minimum atomic E-state index is -0.504. The summed E-state index contributed by atoms with van der Waals surface area (Å²) in [6.45, 7) is 2.24. The van der Waals surface area contributed by atoms with Gasteiger partial charge in [-0.25, -0.2) is 4.98 Å². The summed E-state index contributed by atoms with van der Waals surface area (Å²) in [5.41, 5.74) is 1.40. The molecule has 0 unspecified atom stereocenters. The molecule has 0 amide bonds. The number of ether oxygens (including phenoxy) is 1. The molecular weight excluding hydrogens is 592 g/mol. The predicted molar refractivity (Wildman–Crippen MR) is 147 cm³/mol. The van der Waals surface area contributed by atoms with Crippen molar-refractivity contribution in [2.45, 2.75) is 32.8 Å². The van der Waals surface area contributed by atoms with E-state index < -0.39 is 4.92 Å². The first-order chi connectivity index (χ1) is 17.4. The lowest BCUT2D eigenvalue weighted by molar-refractivity contribution is -0.386. The second kappa shape index (κ2) is 11.6. The van der Waals surface area contributed by atoms with E-state index in [2.05, 4.69) is 48.9 Å². The highest BCUT2D eigenvalue weighted by Gasteiger charge is 2.20.